The summed E-state index contributed by atoms with van der Waals surface area (Å²) in [6.07, 6.45) is 92.8. The Bertz CT molecular complexity index is 1740. The van der Waals surface area contributed by atoms with Crippen LogP contribution in [0.25, 0.3) is 0 Å². The van der Waals surface area contributed by atoms with Crippen LogP contribution in [0.1, 0.15) is 348 Å². The third-order valence-electron chi connectivity index (χ3n) is 16.7. The third kappa shape index (κ3) is 71.8. The molecule has 2 unspecified atom stereocenters. The second-order valence-corrected chi connectivity index (χ2v) is 26.6. The summed E-state index contributed by atoms with van der Waals surface area (Å²) in [5, 5.41) is 11.8. The average molecular weight is 1250 g/mol. The lowest BCUT2D eigenvalue weighted by Gasteiger charge is -2.26. The van der Waals surface area contributed by atoms with E-state index in [1.165, 1.54) is 231 Å². The minimum absolute atomic E-state index is 0.138. The van der Waals surface area contributed by atoms with Gasteiger partial charge in [-0.1, -0.05) is 349 Å². The molecule has 0 radical (unpaired) electrons. The van der Waals surface area contributed by atoms with E-state index in [-0.39, 0.29) is 38.6 Å². The van der Waals surface area contributed by atoms with Gasteiger partial charge in [0.1, 0.15) is 13.2 Å². The van der Waals surface area contributed by atoms with Crippen LogP contribution in [0, 0.1) is 0 Å². The molecule has 0 aliphatic carbocycles. The maximum Gasteiger partial charge on any atom is 0.306 e. The van der Waals surface area contributed by atoms with Crippen LogP contribution < -0.4 is 5.11 Å². The van der Waals surface area contributed by atoms with Crippen molar-refractivity contribution in [2.24, 2.45) is 0 Å². The van der Waals surface area contributed by atoms with Gasteiger partial charge in [-0.05, 0) is 70.6 Å². The molecule has 0 aliphatic heterocycles. The number of likely N-dealkylation sites (N-methyl/N-ethyl adjacent to an activating group) is 1. The van der Waals surface area contributed by atoms with Crippen LogP contribution in [0.5, 0.6) is 0 Å². The SMILES string of the molecule is CC/C=C\C/C=C\C/C=C\C/C=C\C/C=C\C/C=C\C/C=C\CCCCCC(=O)OC(COC(=O)CCCCCCCCCCCCCCCCCCCCCCCCCCCCCCCCCCCCCCCCC)COC(OCC[N+](C)(C)C)C(=O)[O-]. The zero-order valence-electron chi connectivity index (χ0n) is 59.0. The molecule has 0 N–H and O–H groups in total. The fraction of sp³-hybridized carbons (Fsp3) is 0.787. The van der Waals surface area contributed by atoms with Crippen molar-refractivity contribution in [3.63, 3.8) is 0 Å². The highest BCUT2D eigenvalue weighted by Gasteiger charge is 2.22. The molecule has 2 atom stereocenters. The molecule has 0 saturated heterocycles. The number of hydrogen-bond acceptors (Lipinski definition) is 8. The Morgan fingerprint density at radius 1 is 0.348 bits per heavy atom. The highest BCUT2D eigenvalue weighted by molar-refractivity contribution is 5.70. The summed E-state index contributed by atoms with van der Waals surface area (Å²) in [7, 11) is 5.92. The average Bonchev–Trinajstić information content (AvgIpc) is 3.64. The van der Waals surface area contributed by atoms with Crippen LogP contribution in [0.15, 0.2) is 85.1 Å². The van der Waals surface area contributed by atoms with E-state index >= 15 is 0 Å². The van der Waals surface area contributed by atoms with Crippen molar-refractivity contribution in [1.29, 1.82) is 0 Å². The summed E-state index contributed by atoms with van der Waals surface area (Å²) in [5.74, 6) is -2.32. The summed E-state index contributed by atoms with van der Waals surface area (Å²) in [4.78, 5) is 37.5. The van der Waals surface area contributed by atoms with Crippen LogP contribution >= 0.6 is 0 Å². The zero-order valence-corrected chi connectivity index (χ0v) is 59.0. The molecule has 9 nitrogen and oxygen atoms in total. The topological polar surface area (TPSA) is 111 Å². The largest absolute Gasteiger partial charge is 0.545 e. The van der Waals surface area contributed by atoms with E-state index in [0.29, 0.717) is 17.4 Å². The van der Waals surface area contributed by atoms with E-state index in [9.17, 15) is 19.5 Å². The molecule has 0 bridgehead atoms. The van der Waals surface area contributed by atoms with Gasteiger partial charge in [0.25, 0.3) is 0 Å². The first-order valence-electron chi connectivity index (χ1n) is 37.7. The number of carboxylic acid groups (broad SMARTS) is 1. The normalized spacial score (nSPS) is 13.1. The van der Waals surface area contributed by atoms with Crippen molar-refractivity contribution < 1.29 is 42.9 Å². The van der Waals surface area contributed by atoms with Crippen molar-refractivity contribution in [3.8, 4) is 0 Å². The van der Waals surface area contributed by atoms with Gasteiger partial charge in [0.2, 0.25) is 0 Å². The van der Waals surface area contributed by atoms with Crippen LogP contribution in [0.4, 0.5) is 0 Å². The molecule has 0 fully saturated rings. The summed E-state index contributed by atoms with van der Waals surface area (Å²) < 4.78 is 22.8. The van der Waals surface area contributed by atoms with E-state index in [2.05, 4.69) is 98.9 Å². The van der Waals surface area contributed by atoms with Gasteiger partial charge in [-0.25, -0.2) is 0 Å². The zero-order chi connectivity index (χ0) is 64.7. The molecule has 89 heavy (non-hydrogen) atoms. The monoisotopic (exact) mass is 1250 g/mol. The number of allylic oxidation sites excluding steroid dienone is 14. The number of unbranched alkanes of at least 4 members (excludes halogenated alkanes) is 41. The molecule has 0 rings (SSSR count). The number of aliphatic carboxylic acids is 1. The Morgan fingerprint density at radius 3 is 0.955 bits per heavy atom. The molecule has 9 heteroatoms. The fourth-order valence-electron chi connectivity index (χ4n) is 10.9. The molecule has 0 aliphatic rings. The lowest BCUT2D eigenvalue weighted by Crippen LogP contribution is -2.44. The number of carbonyl (C=O) groups excluding carboxylic acids is 3. The highest BCUT2D eigenvalue weighted by Crippen LogP contribution is 2.19. The van der Waals surface area contributed by atoms with Gasteiger partial charge in [-0.2, -0.15) is 0 Å². The van der Waals surface area contributed by atoms with Crippen LogP contribution in [0.2, 0.25) is 0 Å². The van der Waals surface area contributed by atoms with Crippen molar-refractivity contribution in [2.75, 3.05) is 47.5 Å². The number of nitrogens with zero attached hydrogens (tertiary/aromatic N) is 1. The van der Waals surface area contributed by atoms with E-state index in [4.69, 9.17) is 18.9 Å². The number of carboxylic acids is 1. The van der Waals surface area contributed by atoms with Crippen LogP contribution in [-0.4, -0.2) is 82.3 Å². The summed E-state index contributed by atoms with van der Waals surface area (Å²) in [5.41, 5.74) is 0. The minimum atomic E-state index is -1.64. The second kappa shape index (κ2) is 70.3. The van der Waals surface area contributed by atoms with Gasteiger partial charge in [0, 0.05) is 12.8 Å². The molecule has 0 heterocycles. The maximum atomic E-state index is 12.9. The summed E-state index contributed by atoms with van der Waals surface area (Å²) in [6.45, 7) is 4.63. The number of carbonyl (C=O) groups is 3. The Labute approximate surface area is 550 Å². The Kier molecular flexibility index (Phi) is 67.6. The Morgan fingerprint density at radius 2 is 0.640 bits per heavy atom. The number of ether oxygens (including phenoxy) is 4. The molecule has 0 amide bonds. The van der Waals surface area contributed by atoms with Gasteiger partial charge < -0.3 is 33.3 Å². The smallest absolute Gasteiger partial charge is 0.306 e. The van der Waals surface area contributed by atoms with E-state index in [1.54, 1.807) is 0 Å². The van der Waals surface area contributed by atoms with Crippen molar-refractivity contribution >= 4 is 17.9 Å². The Hall–Kier alpha value is -3.53. The van der Waals surface area contributed by atoms with E-state index in [0.717, 1.165) is 83.5 Å². The molecule has 0 saturated carbocycles. The summed E-state index contributed by atoms with van der Waals surface area (Å²) >= 11 is 0. The molecular formula is C80H143NO8. The minimum Gasteiger partial charge on any atom is -0.545 e. The second-order valence-electron chi connectivity index (χ2n) is 26.6. The van der Waals surface area contributed by atoms with Crippen LogP contribution in [0.3, 0.4) is 0 Å². The lowest BCUT2D eigenvalue weighted by atomic mass is 10.0. The number of hydrogen-bond donors (Lipinski definition) is 0. The van der Waals surface area contributed by atoms with Gasteiger partial charge in [-0.15, -0.1) is 0 Å². The van der Waals surface area contributed by atoms with Crippen molar-refractivity contribution in [1.82, 2.24) is 0 Å². The fourth-order valence-corrected chi connectivity index (χ4v) is 10.9. The van der Waals surface area contributed by atoms with Crippen molar-refractivity contribution in [2.45, 2.75) is 360 Å². The van der Waals surface area contributed by atoms with E-state index < -0.39 is 24.3 Å². The summed E-state index contributed by atoms with van der Waals surface area (Å²) in [6, 6.07) is 0. The predicted octanol–water partition coefficient (Wildman–Crippen LogP) is 22.5. The quantitative estimate of drug-likeness (QED) is 0.0195. The van der Waals surface area contributed by atoms with Gasteiger partial charge >= 0.3 is 11.9 Å². The molecule has 0 aromatic carbocycles. The van der Waals surface area contributed by atoms with Crippen molar-refractivity contribution in [3.05, 3.63) is 85.1 Å². The highest BCUT2D eigenvalue weighted by atomic mass is 16.7. The van der Waals surface area contributed by atoms with Crippen LogP contribution in [-0.2, 0) is 33.3 Å². The first-order chi connectivity index (χ1) is 43.6. The first kappa shape index (κ1) is 85.5. The number of rotatable bonds is 70. The molecule has 0 aromatic rings. The molecule has 516 valence electrons. The number of esters is 2. The van der Waals surface area contributed by atoms with E-state index in [1.807, 2.05) is 21.1 Å². The molecular weight excluding hydrogens is 1100 g/mol. The van der Waals surface area contributed by atoms with Gasteiger partial charge in [0.15, 0.2) is 12.4 Å². The van der Waals surface area contributed by atoms with Gasteiger partial charge in [-0.3, -0.25) is 9.59 Å². The Balaban J connectivity index is 4.02. The number of quaternary nitrogens is 1. The van der Waals surface area contributed by atoms with Gasteiger partial charge in [0.05, 0.1) is 40.3 Å². The maximum absolute atomic E-state index is 12.9. The molecule has 0 spiro atoms. The predicted molar refractivity (Wildman–Crippen MR) is 380 cm³/mol. The molecule has 0 aromatic heterocycles. The standard InChI is InChI=1S/C80H143NO8/c1-6-8-10-12-14-16-18-20-22-24-26-28-30-32-33-34-35-36-37-38-39-40-41-42-43-44-45-47-48-50-52-54-56-58-60-62-64-66-68-70-77(82)87-74-76(75-88-80(79(84)85)86-73-72-81(3,4)5)89-78(83)71-69-67-65-63-61-59-57-55-53-51-49-46-31-29-27-25-23-21-19-17-15-13-11-9-7-2/h9,11,15,17,21,23,27,29,46,49,53,55,59,61,76,80H,6-8,10,12-14,16,18-20,22,24-26,28,30-45,47-48,50-52,54,56-58,60,62-75H2,1-5H3/b11-9-,17-15-,23-21-,29-27-,49-46-,55-53-,61-59-. The lowest BCUT2D eigenvalue weighted by molar-refractivity contribution is -0.870. The third-order valence-corrected chi connectivity index (χ3v) is 16.7. The first-order valence-corrected chi connectivity index (χ1v) is 37.7.